The molecular weight excluding hydrogens is 408 g/mol. The summed E-state index contributed by atoms with van der Waals surface area (Å²) in [7, 11) is 2.07. The van der Waals surface area contributed by atoms with Crippen LogP contribution in [0.4, 0.5) is 0 Å². The van der Waals surface area contributed by atoms with Crippen molar-refractivity contribution in [1.29, 1.82) is 0 Å². The van der Waals surface area contributed by atoms with Crippen molar-refractivity contribution in [3.63, 3.8) is 0 Å². The quantitative estimate of drug-likeness (QED) is 0.707. The topological polar surface area (TPSA) is 104 Å². The van der Waals surface area contributed by atoms with Crippen LogP contribution < -0.4 is 5.32 Å². The van der Waals surface area contributed by atoms with Crippen LogP contribution in [0.2, 0.25) is 0 Å². The monoisotopic (exact) mass is 446 g/mol. The van der Waals surface area contributed by atoms with Gasteiger partial charge in [-0.25, -0.2) is 4.68 Å². The van der Waals surface area contributed by atoms with Gasteiger partial charge in [-0.1, -0.05) is 26.0 Å². The fraction of sp³-hybridized carbons (Fsp3) is 0.826. The molecule has 3 fully saturated rings. The van der Waals surface area contributed by atoms with E-state index in [1.54, 1.807) is 9.58 Å². The Morgan fingerprint density at radius 3 is 2.62 bits per heavy atom. The second kappa shape index (κ2) is 8.74. The van der Waals surface area contributed by atoms with Gasteiger partial charge in [-0.3, -0.25) is 9.59 Å². The first-order chi connectivity index (χ1) is 15.1. The normalized spacial score (nSPS) is 30.4. The van der Waals surface area contributed by atoms with Crippen molar-refractivity contribution in [1.82, 2.24) is 30.1 Å². The number of carbonyl (C=O) groups excluding carboxylic acids is 2. The number of aromatic nitrogens is 3. The maximum Gasteiger partial charge on any atom is 0.248 e. The number of β-amino-alcohol motifs (C(OH)–C–C–N with tert-alkyl or cyclic N) is 1. The average molecular weight is 447 g/mol. The zero-order chi connectivity index (χ0) is 23.2. The van der Waals surface area contributed by atoms with Gasteiger partial charge < -0.3 is 20.2 Å². The number of aliphatic hydroxyl groups excluding tert-OH is 1. The van der Waals surface area contributed by atoms with E-state index in [-0.39, 0.29) is 36.9 Å². The molecule has 1 aromatic rings. The van der Waals surface area contributed by atoms with Crippen molar-refractivity contribution in [3.05, 3.63) is 11.9 Å². The van der Waals surface area contributed by atoms with E-state index in [1.807, 2.05) is 27.0 Å². The predicted octanol–water partition coefficient (Wildman–Crippen LogP) is 1.30. The van der Waals surface area contributed by atoms with Crippen LogP contribution in [0.25, 0.3) is 0 Å². The molecule has 0 bridgehead atoms. The van der Waals surface area contributed by atoms with Crippen LogP contribution >= 0.6 is 0 Å². The van der Waals surface area contributed by atoms with Gasteiger partial charge in [0.15, 0.2) is 0 Å². The lowest BCUT2D eigenvalue weighted by atomic mass is 9.85. The van der Waals surface area contributed by atoms with Crippen LogP contribution in [0.3, 0.4) is 0 Å². The first kappa shape index (κ1) is 23.2. The Labute approximate surface area is 190 Å². The maximum absolute atomic E-state index is 13.8. The lowest BCUT2D eigenvalue weighted by Crippen LogP contribution is -2.57. The molecule has 3 heterocycles. The standard InChI is InChI=1S/C23H38N6O3/c1-14-17(7-6-10-27(14)5)24-21(31)19-11-16(30)12-28(19)22(32)20(23(2,3)4)29-13-18(25-26-29)15-8-9-15/h13-17,19-20,30H,6-12H2,1-5H3,(H,24,31)/t14?,16-,17?,19+,20-/m1/s1. The SMILES string of the molecule is CC1C(NC(=O)[C@@H]2C[C@@H](O)CN2C(=O)[C@@H](n2cc(C3CC3)nn2)C(C)(C)C)CCCN1C. The van der Waals surface area contributed by atoms with Crippen molar-refractivity contribution in [2.75, 3.05) is 20.1 Å². The number of hydrogen-bond donors (Lipinski definition) is 2. The predicted molar refractivity (Wildman–Crippen MR) is 120 cm³/mol. The summed E-state index contributed by atoms with van der Waals surface area (Å²) in [5.41, 5.74) is 0.499. The minimum Gasteiger partial charge on any atom is -0.391 e. The molecule has 178 valence electrons. The molecule has 2 aliphatic heterocycles. The van der Waals surface area contributed by atoms with E-state index in [0.29, 0.717) is 5.92 Å². The Bertz CT molecular complexity index is 845. The van der Waals surface area contributed by atoms with E-state index >= 15 is 0 Å². The average Bonchev–Trinajstić information content (AvgIpc) is 3.32. The molecule has 2 unspecified atom stereocenters. The molecule has 0 spiro atoms. The second-order valence-electron chi connectivity index (χ2n) is 11.0. The van der Waals surface area contributed by atoms with Crippen molar-refractivity contribution >= 4 is 11.8 Å². The molecule has 2 saturated heterocycles. The van der Waals surface area contributed by atoms with E-state index < -0.39 is 23.6 Å². The molecule has 9 nitrogen and oxygen atoms in total. The molecule has 1 aromatic heterocycles. The molecule has 2 amide bonds. The number of likely N-dealkylation sites (tertiary alicyclic amines) is 2. The van der Waals surface area contributed by atoms with Gasteiger partial charge >= 0.3 is 0 Å². The fourth-order valence-electron chi connectivity index (χ4n) is 5.11. The molecule has 32 heavy (non-hydrogen) atoms. The van der Waals surface area contributed by atoms with Crippen LogP contribution in [0.5, 0.6) is 0 Å². The third-order valence-electron chi connectivity index (χ3n) is 7.34. The van der Waals surface area contributed by atoms with Gasteiger partial charge in [-0.05, 0) is 51.6 Å². The summed E-state index contributed by atoms with van der Waals surface area (Å²) < 4.78 is 1.66. The first-order valence-corrected chi connectivity index (χ1v) is 12.0. The number of piperidine rings is 1. The number of hydrogen-bond acceptors (Lipinski definition) is 6. The van der Waals surface area contributed by atoms with Crippen molar-refractivity contribution < 1.29 is 14.7 Å². The summed E-state index contributed by atoms with van der Waals surface area (Å²) in [6, 6.07) is -0.983. The van der Waals surface area contributed by atoms with Crippen LogP contribution in [-0.2, 0) is 9.59 Å². The molecule has 5 atom stereocenters. The Morgan fingerprint density at radius 2 is 1.97 bits per heavy atom. The zero-order valence-corrected chi connectivity index (χ0v) is 20.0. The summed E-state index contributed by atoms with van der Waals surface area (Å²) in [5, 5.41) is 22.1. The van der Waals surface area contributed by atoms with Crippen molar-refractivity contribution in [2.45, 2.75) is 96.0 Å². The van der Waals surface area contributed by atoms with Crippen LogP contribution in [-0.4, -0.2) is 86.1 Å². The number of likely N-dealkylation sites (N-methyl/N-ethyl adjacent to an activating group) is 1. The van der Waals surface area contributed by atoms with Crippen LogP contribution in [0, 0.1) is 5.41 Å². The minimum absolute atomic E-state index is 0.0470. The molecule has 9 heteroatoms. The Hall–Kier alpha value is -2.00. The molecular formula is C23H38N6O3. The molecule has 0 radical (unpaired) electrons. The van der Waals surface area contributed by atoms with Gasteiger partial charge in [0.25, 0.3) is 0 Å². The Kier molecular flexibility index (Phi) is 6.33. The van der Waals surface area contributed by atoms with E-state index in [9.17, 15) is 14.7 Å². The van der Waals surface area contributed by atoms with Crippen LogP contribution in [0.15, 0.2) is 6.20 Å². The van der Waals surface area contributed by atoms with E-state index in [0.717, 1.165) is 37.9 Å². The largest absolute Gasteiger partial charge is 0.391 e. The van der Waals surface area contributed by atoms with E-state index in [2.05, 4.69) is 34.5 Å². The van der Waals surface area contributed by atoms with Crippen molar-refractivity contribution in [3.8, 4) is 0 Å². The molecule has 1 saturated carbocycles. The third-order valence-corrected chi connectivity index (χ3v) is 7.34. The summed E-state index contributed by atoms with van der Waals surface area (Å²) in [4.78, 5) is 30.9. The molecule has 4 rings (SSSR count). The van der Waals surface area contributed by atoms with E-state index in [1.165, 1.54) is 0 Å². The Morgan fingerprint density at radius 1 is 1.25 bits per heavy atom. The summed E-state index contributed by atoms with van der Waals surface area (Å²) in [5.74, 6) is 0.0875. The molecule has 2 N–H and O–H groups in total. The van der Waals surface area contributed by atoms with Gasteiger partial charge in [0.1, 0.15) is 12.1 Å². The number of aliphatic hydroxyl groups is 1. The first-order valence-electron chi connectivity index (χ1n) is 12.0. The highest BCUT2D eigenvalue weighted by Crippen LogP contribution is 2.40. The van der Waals surface area contributed by atoms with Gasteiger partial charge in [-0.2, -0.15) is 0 Å². The van der Waals surface area contributed by atoms with Crippen molar-refractivity contribution in [2.24, 2.45) is 5.41 Å². The zero-order valence-electron chi connectivity index (χ0n) is 20.0. The second-order valence-corrected chi connectivity index (χ2v) is 11.0. The maximum atomic E-state index is 13.8. The van der Waals surface area contributed by atoms with Gasteiger partial charge in [0.2, 0.25) is 11.8 Å². The number of amides is 2. The Balaban J connectivity index is 1.53. The van der Waals surface area contributed by atoms with E-state index in [4.69, 9.17) is 0 Å². The van der Waals surface area contributed by atoms with Gasteiger partial charge in [0, 0.05) is 37.2 Å². The minimum atomic E-state index is -0.709. The highest BCUT2D eigenvalue weighted by Gasteiger charge is 2.46. The van der Waals surface area contributed by atoms with Gasteiger partial charge in [0.05, 0.1) is 11.8 Å². The fourth-order valence-corrected chi connectivity index (χ4v) is 5.11. The molecule has 1 aliphatic carbocycles. The number of nitrogens with one attached hydrogen (secondary N) is 1. The summed E-state index contributed by atoms with van der Waals surface area (Å²) in [6.45, 7) is 9.29. The number of carbonyl (C=O) groups is 2. The molecule has 0 aromatic carbocycles. The van der Waals surface area contributed by atoms with Gasteiger partial charge in [-0.15, -0.1) is 5.10 Å². The number of rotatable bonds is 5. The smallest absolute Gasteiger partial charge is 0.248 e. The lowest BCUT2D eigenvalue weighted by Gasteiger charge is -2.39. The summed E-state index contributed by atoms with van der Waals surface area (Å²) in [6.07, 6.45) is 5.62. The summed E-state index contributed by atoms with van der Waals surface area (Å²) >= 11 is 0. The number of nitrogens with zero attached hydrogens (tertiary/aromatic N) is 5. The highest BCUT2D eigenvalue weighted by atomic mass is 16.3. The lowest BCUT2D eigenvalue weighted by molar-refractivity contribution is -0.144. The third kappa shape index (κ3) is 4.69. The van der Waals surface area contributed by atoms with Crippen LogP contribution in [0.1, 0.15) is 77.5 Å². The highest BCUT2D eigenvalue weighted by molar-refractivity contribution is 5.90. The molecule has 3 aliphatic rings.